The Hall–Kier alpha value is -1.91. The van der Waals surface area contributed by atoms with Crippen LogP contribution in [0.4, 0.5) is 10.3 Å². The summed E-state index contributed by atoms with van der Waals surface area (Å²) in [5, 5.41) is 10.1. The Morgan fingerprint density at radius 1 is 1.44 bits per heavy atom. The van der Waals surface area contributed by atoms with Gasteiger partial charge in [0.1, 0.15) is 5.82 Å². The summed E-state index contributed by atoms with van der Waals surface area (Å²) < 4.78 is 13.6. The van der Waals surface area contributed by atoms with Gasteiger partial charge >= 0.3 is 0 Å². The average molecular weight is 246 g/mol. The SMILES string of the molecule is Cc1cccc(F)c1CNc1nc(C2CC2)n[nH]1. The van der Waals surface area contributed by atoms with Gasteiger partial charge in [-0.2, -0.15) is 10.1 Å². The first-order valence-corrected chi connectivity index (χ1v) is 6.14. The van der Waals surface area contributed by atoms with Gasteiger partial charge in [-0.15, -0.1) is 0 Å². The van der Waals surface area contributed by atoms with Crippen molar-refractivity contribution in [1.82, 2.24) is 15.2 Å². The average Bonchev–Trinajstić information content (AvgIpc) is 3.09. The van der Waals surface area contributed by atoms with Crippen LogP contribution < -0.4 is 5.32 Å². The molecule has 0 radical (unpaired) electrons. The number of benzene rings is 1. The Balaban J connectivity index is 1.69. The summed E-state index contributed by atoms with van der Waals surface area (Å²) in [6.45, 7) is 2.31. The third kappa shape index (κ3) is 2.20. The fourth-order valence-electron chi connectivity index (χ4n) is 1.94. The number of H-pyrrole nitrogens is 1. The third-order valence-electron chi connectivity index (χ3n) is 3.23. The van der Waals surface area contributed by atoms with Gasteiger partial charge < -0.3 is 5.32 Å². The molecule has 1 fully saturated rings. The van der Waals surface area contributed by atoms with Crippen molar-refractivity contribution < 1.29 is 4.39 Å². The van der Waals surface area contributed by atoms with Gasteiger partial charge in [0, 0.05) is 18.0 Å². The van der Waals surface area contributed by atoms with Gasteiger partial charge in [0.25, 0.3) is 0 Å². The van der Waals surface area contributed by atoms with Crippen LogP contribution in [0.3, 0.4) is 0 Å². The standard InChI is InChI=1S/C13H15FN4/c1-8-3-2-4-11(14)10(8)7-15-13-16-12(17-18-13)9-5-6-9/h2-4,9H,5-7H2,1H3,(H2,15,16,17,18). The fraction of sp³-hybridized carbons (Fsp3) is 0.385. The van der Waals surface area contributed by atoms with E-state index >= 15 is 0 Å². The first-order valence-electron chi connectivity index (χ1n) is 6.14. The molecule has 0 spiro atoms. The van der Waals surface area contributed by atoms with E-state index < -0.39 is 0 Å². The number of aryl methyl sites for hydroxylation is 1. The highest BCUT2D eigenvalue weighted by Crippen LogP contribution is 2.38. The molecule has 0 bridgehead atoms. The topological polar surface area (TPSA) is 53.6 Å². The molecular weight excluding hydrogens is 231 g/mol. The van der Waals surface area contributed by atoms with Crippen LogP contribution in [0.5, 0.6) is 0 Å². The minimum absolute atomic E-state index is 0.190. The smallest absolute Gasteiger partial charge is 0.218 e. The van der Waals surface area contributed by atoms with Crippen molar-refractivity contribution in [2.24, 2.45) is 0 Å². The minimum Gasteiger partial charge on any atom is -0.350 e. The third-order valence-corrected chi connectivity index (χ3v) is 3.23. The molecule has 1 aromatic carbocycles. The van der Waals surface area contributed by atoms with Crippen molar-refractivity contribution in [1.29, 1.82) is 0 Å². The zero-order valence-electron chi connectivity index (χ0n) is 10.2. The summed E-state index contributed by atoms with van der Waals surface area (Å²) in [7, 11) is 0. The molecule has 18 heavy (non-hydrogen) atoms. The van der Waals surface area contributed by atoms with Crippen molar-refractivity contribution in [3.63, 3.8) is 0 Å². The number of aromatic amines is 1. The number of nitrogens with zero attached hydrogens (tertiary/aromatic N) is 2. The molecule has 1 heterocycles. The van der Waals surface area contributed by atoms with Crippen molar-refractivity contribution >= 4 is 5.95 Å². The monoisotopic (exact) mass is 246 g/mol. The van der Waals surface area contributed by atoms with E-state index in [9.17, 15) is 4.39 Å². The molecule has 2 aromatic rings. The Morgan fingerprint density at radius 2 is 2.28 bits per heavy atom. The Morgan fingerprint density at radius 3 is 3.00 bits per heavy atom. The Bertz CT molecular complexity index is 540. The first kappa shape index (κ1) is 11.2. The quantitative estimate of drug-likeness (QED) is 0.872. The molecule has 1 aliphatic rings. The van der Waals surface area contributed by atoms with Crippen molar-refractivity contribution in [2.75, 3.05) is 5.32 Å². The zero-order valence-corrected chi connectivity index (χ0v) is 10.2. The van der Waals surface area contributed by atoms with Gasteiger partial charge in [0.05, 0.1) is 0 Å². The van der Waals surface area contributed by atoms with E-state index in [2.05, 4.69) is 20.5 Å². The van der Waals surface area contributed by atoms with Gasteiger partial charge in [0.2, 0.25) is 5.95 Å². The molecule has 0 atom stereocenters. The summed E-state index contributed by atoms with van der Waals surface area (Å²) in [6, 6.07) is 5.09. The number of rotatable bonds is 4. The lowest BCUT2D eigenvalue weighted by Crippen LogP contribution is -2.05. The molecule has 1 saturated carbocycles. The van der Waals surface area contributed by atoms with E-state index in [1.165, 1.54) is 18.9 Å². The van der Waals surface area contributed by atoms with Gasteiger partial charge in [-0.25, -0.2) is 9.49 Å². The van der Waals surface area contributed by atoms with E-state index in [-0.39, 0.29) is 5.82 Å². The summed E-state index contributed by atoms with van der Waals surface area (Å²) >= 11 is 0. The van der Waals surface area contributed by atoms with Crippen molar-refractivity contribution in [3.05, 3.63) is 41.0 Å². The van der Waals surface area contributed by atoms with Gasteiger partial charge in [0.15, 0.2) is 5.82 Å². The zero-order chi connectivity index (χ0) is 12.5. The summed E-state index contributed by atoms with van der Waals surface area (Å²) in [5.41, 5.74) is 1.60. The van der Waals surface area contributed by atoms with Crippen LogP contribution in [-0.4, -0.2) is 15.2 Å². The molecule has 0 saturated heterocycles. The van der Waals surface area contributed by atoms with Gasteiger partial charge in [-0.05, 0) is 31.4 Å². The highest BCUT2D eigenvalue weighted by molar-refractivity contribution is 5.32. The summed E-state index contributed by atoms with van der Waals surface area (Å²) in [5.74, 6) is 1.80. The van der Waals surface area contributed by atoms with Crippen molar-refractivity contribution in [3.8, 4) is 0 Å². The normalized spacial score (nSPS) is 14.8. The van der Waals surface area contributed by atoms with Crippen LogP contribution in [0.15, 0.2) is 18.2 Å². The van der Waals surface area contributed by atoms with Gasteiger partial charge in [-0.1, -0.05) is 12.1 Å². The molecule has 0 amide bonds. The summed E-state index contributed by atoms with van der Waals surface area (Å²) in [4.78, 5) is 4.35. The highest BCUT2D eigenvalue weighted by Gasteiger charge is 2.27. The second kappa shape index (κ2) is 4.40. The highest BCUT2D eigenvalue weighted by atomic mass is 19.1. The molecule has 0 aliphatic heterocycles. The maximum absolute atomic E-state index is 13.6. The fourth-order valence-corrected chi connectivity index (χ4v) is 1.94. The molecule has 3 rings (SSSR count). The molecule has 2 N–H and O–H groups in total. The second-order valence-electron chi connectivity index (χ2n) is 4.71. The van der Waals surface area contributed by atoms with Gasteiger partial charge in [-0.3, -0.25) is 0 Å². The molecular formula is C13H15FN4. The van der Waals surface area contributed by atoms with E-state index in [0.29, 0.717) is 24.0 Å². The molecule has 4 nitrogen and oxygen atoms in total. The number of hydrogen-bond acceptors (Lipinski definition) is 3. The number of hydrogen-bond donors (Lipinski definition) is 2. The number of halogens is 1. The van der Waals surface area contributed by atoms with E-state index in [1.807, 2.05) is 13.0 Å². The lowest BCUT2D eigenvalue weighted by atomic mass is 10.1. The van der Waals surface area contributed by atoms with E-state index in [0.717, 1.165) is 11.4 Å². The first-order chi connectivity index (χ1) is 8.74. The maximum Gasteiger partial charge on any atom is 0.218 e. The molecule has 94 valence electrons. The van der Waals surface area contributed by atoms with Crippen LogP contribution >= 0.6 is 0 Å². The van der Waals surface area contributed by atoms with E-state index in [4.69, 9.17) is 0 Å². The summed E-state index contributed by atoms with van der Waals surface area (Å²) in [6.07, 6.45) is 2.34. The second-order valence-corrected chi connectivity index (χ2v) is 4.71. The van der Waals surface area contributed by atoms with Crippen LogP contribution in [0.2, 0.25) is 0 Å². The number of anilines is 1. The lowest BCUT2D eigenvalue weighted by molar-refractivity contribution is 0.611. The molecule has 5 heteroatoms. The predicted molar refractivity (Wildman–Crippen MR) is 66.8 cm³/mol. The Labute approximate surface area is 105 Å². The van der Waals surface area contributed by atoms with Crippen LogP contribution in [0.25, 0.3) is 0 Å². The van der Waals surface area contributed by atoms with E-state index in [1.54, 1.807) is 6.07 Å². The van der Waals surface area contributed by atoms with Crippen LogP contribution in [0, 0.1) is 12.7 Å². The number of aromatic nitrogens is 3. The number of nitrogens with one attached hydrogen (secondary N) is 2. The minimum atomic E-state index is -0.190. The molecule has 0 unspecified atom stereocenters. The van der Waals surface area contributed by atoms with Crippen LogP contribution in [0.1, 0.15) is 35.7 Å². The largest absolute Gasteiger partial charge is 0.350 e. The van der Waals surface area contributed by atoms with Crippen LogP contribution in [-0.2, 0) is 6.54 Å². The molecule has 1 aliphatic carbocycles. The predicted octanol–water partition coefficient (Wildman–Crippen LogP) is 2.74. The lowest BCUT2D eigenvalue weighted by Gasteiger charge is -2.07. The Kier molecular flexibility index (Phi) is 2.74. The molecule has 1 aromatic heterocycles. The maximum atomic E-state index is 13.6. The van der Waals surface area contributed by atoms with Crippen molar-refractivity contribution in [2.45, 2.75) is 32.2 Å².